The van der Waals surface area contributed by atoms with Crippen molar-refractivity contribution in [3.05, 3.63) is 59.7 Å². The van der Waals surface area contributed by atoms with Crippen LogP contribution < -0.4 is 0 Å². The van der Waals surface area contributed by atoms with Crippen LogP contribution in [-0.2, 0) is 10.3 Å². The molecule has 1 fully saturated rings. The van der Waals surface area contributed by atoms with Crippen LogP contribution in [0.15, 0.2) is 48.5 Å². The van der Waals surface area contributed by atoms with Gasteiger partial charge in [0.1, 0.15) is 5.60 Å². The van der Waals surface area contributed by atoms with E-state index < -0.39 is 5.60 Å². The predicted molar refractivity (Wildman–Crippen MR) is 94.5 cm³/mol. The molecule has 3 heteroatoms. The molecule has 0 aromatic heterocycles. The summed E-state index contributed by atoms with van der Waals surface area (Å²) in [5.41, 5.74) is 3.15. The summed E-state index contributed by atoms with van der Waals surface area (Å²) in [5, 5.41) is 11.4. The van der Waals surface area contributed by atoms with Crippen LogP contribution in [0.2, 0.25) is 0 Å². The number of nitrogens with zero attached hydrogens (tertiary/aromatic N) is 1. The van der Waals surface area contributed by atoms with Crippen molar-refractivity contribution in [3.63, 3.8) is 0 Å². The lowest BCUT2D eigenvalue weighted by Crippen LogP contribution is -2.36. The molecule has 1 saturated heterocycles. The van der Waals surface area contributed by atoms with E-state index in [2.05, 4.69) is 28.9 Å². The van der Waals surface area contributed by atoms with Crippen molar-refractivity contribution in [2.75, 3.05) is 32.8 Å². The first-order chi connectivity index (χ1) is 11.8. The van der Waals surface area contributed by atoms with E-state index in [-0.39, 0.29) is 0 Å². The Labute approximate surface area is 142 Å². The lowest BCUT2D eigenvalue weighted by Gasteiger charge is -2.25. The SMILES string of the molecule is OC1(CC#CCN2CCOCC2)c2ccccc2-c2ccccc21. The number of ether oxygens (including phenoxy) is 1. The second-order valence-electron chi connectivity index (χ2n) is 6.37. The molecule has 2 aromatic carbocycles. The molecule has 122 valence electrons. The summed E-state index contributed by atoms with van der Waals surface area (Å²) in [5.74, 6) is 6.44. The second-order valence-corrected chi connectivity index (χ2v) is 6.37. The molecule has 0 amide bonds. The van der Waals surface area contributed by atoms with Gasteiger partial charge < -0.3 is 9.84 Å². The summed E-state index contributed by atoms with van der Waals surface area (Å²) in [6.07, 6.45) is 0.422. The van der Waals surface area contributed by atoms with Gasteiger partial charge in [-0.1, -0.05) is 60.4 Å². The Morgan fingerprint density at radius 1 is 0.917 bits per heavy atom. The average molecular weight is 319 g/mol. The number of benzene rings is 2. The summed E-state index contributed by atoms with van der Waals surface area (Å²) < 4.78 is 5.35. The van der Waals surface area contributed by atoms with Crippen molar-refractivity contribution in [1.82, 2.24) is 4.90 Å². The first kappa shape index (κ1) is 15.4. The molecule has 4 rings (SSSR count). The van der Waals surface area contributed by atoms with E-state index in [0.717, 1.165) is 55.1 Å². The molecule has 0 saturated carbocycles. The molecule has 0 spiro atoms. The maximum Gasteiger partial charge on any atom is 0.127 e. The van der Waals surface area contributed by atoms with E-state index in [4.69, 9.17) is 4.74 Å². The van der Waals surface area contributed by atoms with Gasteiger partial charge in [0.2, 0.25) is 0 Å². The van der Waals surface area contributed by atoms with Gasteiger partial charge in [0, 0.05) is 19.5 Å². The lowest BCUT2D eigenvalue weighted by molar-refractivity contribution is 0.0443. The minimum atomic E-state index is -1.01. The molecule has 1 aliphatic heterocycles. The fourth-order valence-electron chi connectivity index (χ4n) is 3.61. The van der Waals surface area contributed by atoms with Gasteiger partial charge in [-0.2, -0.15) is 0 Å². The van der Waals surface area contributed by atoms with Crippen molar-refractivity contribution in [2.45, 2.75) is 12.0 Å². The number of rotatable bonds is 2. The van der Waals surface area contributed by atoms with Gasteiger partial charge in [-0.3, -0.25) is 4.90 Å². The smallest absolute Gasteiger partial charge is 0.127 e. The van der Waals surface area contributed by atoms with Crippen LogP contribution in [0.25, 0.3) is 11.1 Å². The van der Waals surface area contributed by atoms with Gasteiger partial charge in [-0.05, 0) is 22.3 Å². The molecule has 0 atom stereocenters. The van der Waals surface area contributed by atoms with Crippen molar-refractivity contribution >= 4 is 0 Å². The standard InChI is InChI=1S/C21H21NO2/c23-21(11-5-6-12-22-13-15-24-16-14-22)19-9-3-1-7-17(19)18-8-2-4-10-20(18)21/h1-4,7-10,23H,11-16H2. The zero-order valence-corrected chi connectivity index (χ0v) is 13.7. The van der Waals surface area contributed by atoms with Crippen molar-refractivity contribution in [1.29, 1.82) is 0 Å². The molecule has 0 bridgehead atoms. The topological polar surface area (TPSA) is 32.7 Å². The summed E-state index contributed by atoms with van der Waals surface area (Å²) in [6, 6.07) is 16.2. The fourth-order valence-corrected chi connectivity index (χ4v) is 3.61. The number of morpholine rings is 1. The minimum absolute atomic E-state index is 0.422. The first-order valence-corrected chi connectivity index (χ1v) is 8.47. The van der Waals surface area contributed by atoms with Gasteiger partial charge in [0.25, 0.3) is 0 Å². The van der Waals surface area contributed by atoms with Gasteiger partial charge in [-0.15, -0.1) is 0 Å². The summed E-state index contributed by atoms with van der Waals surface area (Å²) >= 11 is 0. The van der Waals surface area contributed by atoms with Gasteiger partial charge in [-0.25, -0.2) is 0 Å². The number of fused-ring (bicyclic) bond motifs is 3. The monoisotopic (exact) mass is 319 g/mol. The Kier molecular flexibility index (Phi) is 4.12. The molecule has 24 heavy (non-hydrogen) atoms. The zero-order chi connectivity index (χ0) is 16.4. The van der Waals surface area contributed by atoms with Crippen LogP contribution in [0.1, 0.15) is 17.5 Å². The Hall–Kier alpha value is -2.12. The van der Waals surface area contributed by atoms with Crippen LogP contribution in [0.4, 0.5) is 0 Å². The quantitative estimate of drug-likeness (QED) is 0.864. The average Bonchev–Trinajstić information content (AvgIpc) is 2.90. The summed E-state index contributed by atoms with van der Waals surface area (Å²) in [4.78, 5) is 2.29. The van der Waals surface area contributed by atoms with Crippen molar-refractivity contribution in [2.24, 2.45) is 0 Å². The molecule has 2 aromatic rings. The van der Waals surface area contributed by atoms with Crippen LogP contribution in [-0.4, -0.2) is 42.9 Å². The molecule has 1 aliphatic carbocycles. The summed E-state index contributed by atoms with van der Waals surface area (Å²) in [7, 11) is 0. The highest BCUT2D eigenvalue weighted by Crippen LogP contribution is 2.48. The van der Waals surface area contributed by atoms with Crippen LogP contribution in [0.3, 0.4) is 0 Å². The highest BCUT2D eigenvalue weighted by atomic mass is 16.5. The predicted octanol–water partition coefficient (Wildman–Crippen LogP) is 2.63. The number of hydrogen-bond acceptors (Lipinski definition) is 3. The highest BCUT2D eigenvalue weighted by Gasteiger charge is 2.40. The number of hydrogen-bond donors (Lipinski definition) is 1. The molecule has 1 heterocycles. The third-order valence-electron chi connectivity index (χ3n) is 4.91. The molecule has 2 aliphatic rings. The Morgan fingerprint density at radius 3 is 2.12 bits per heavy atom. The zero-order valence-electron chi connectivity index (χ0n) is 13.7. The molecule has 1 N–H and O–H groups in total. The minimum Gasteiger partial charge on any atom is -0.379 e. The third-order valence-corrected chi connectivity index (χ3v) is 4.91. The molecule has 3 nitrogen and oxygen atoms in total. The first-order valence-electron chi connectivity index (χ1n) is 8.47. The second kappa shape index (κ2) is 6.41. The lowest BCUT2D eigenvalue weighted by atomic mass is 9.88. The third kappa shape index (κ3) is 2.63. The van der Waals surface area contributed by atoms with Crippen LogP contribution >= 0.6 is 0 Å². The number of aliphatic hydroxyl groups is 1. The van der Waals surface area contributed by atoms with E-state index in [1.165, 1.54) is 0 Å². The maximum absolute atomic E-state index is 11.4. The molecule has 0 unspecified atom stereocenters. The van der Waals surface area contributed by atoms with E-state index in [1.807, 2.05) is 36.4 Å². The molecular weight excluding hydrogens is 298 g/mol. The fraction of sp³-hybridized carbons (Fsp3) is 0.333. The van der Waals surface area contributed by atoms with E-state index >= 15 is 0 Å². The van der Waals surface area contributed by atoms with E-state index in [1.54, 1.807) is 0 Å². The van der Waals surface area contributed by atoms with Gasteiger partial charge >= 0.3 is 0 Å². The Bertz CT molecular complexity index is 751. The molecular formula is C21H21NO2. The Balaban J connectivity index is 1.58. The van der Waals surface area contributed by atoms with Crippen LogP contribution in [0, 0.1) is 11.8 Å². The van der Waals surface area contributed by atoms with Crippen LogP contribution in [0.5, 0.6) is 0 Å². The van der Waals surface area contributed by atoms with Gasteiger partial charge in [0.05, 0.1) is 19.8 Å². The normalized spacial score (nSPS) is 18.4. The van der Waals surface area contributed by atoms with E-state index in [9.17, 15) is 5.11 Å². The van der Waals surface area contributed by atoms with Crippen molar-refractivity contribution in [3.8, 4) is 23.0 Å². The largest absolute Gasteiger partial charge is 0.379 e. The van der Waals surface area contributed by atoms with E-state index in [0.29, 0.717) is 6.42 Å². The highest BCUT2D eigenvalue weighted by molar-refractivity contribution is 5.80. The Morgan fingerprint density at radius 2 is 1.50 bits per heavy atom. The molecule has 0 radical (unpaired) electrons. The summed E-state index contributed by atoms with van der Waals surface area (Å²) in [6.45, 7) is 4.18. The maximum atomic E-state index is 11.4. The van der Waals surface area contributed by atoms with Crippen molar-refractivity contribution < 1.29 is 9.84 Å². The van der Waals surface area contributed by atoms with Gasteiger partial charge in [0.15, 0.2) is 0 Å².